The Kier molecular flexibility index (Phi) is 5.93. The van der Waals surface area contributed by atoms with Crippen molar-refractivity contribution in [3.63, 3.8) is 0 Å². The molecular weight excluding hydrogens is 396 g/mol. The molecule has 2 aliphatic rings. The van der Waals surface area contributed by atoms with Crippen molar-refractivity contribution in [2.75, 3.05) is 33.0 Å². The molecule has 1 saturated heterocycles. The number of Topliss-reactive ketones (excluding diaryl/α,β-unsaturated/α-hetero) is 1. The van der Waals surface area contributed by atoms with E-state index in [2.05, 4.69) is 0 Å². The normalized spacial score (nSPS) is 15.2. The van der Waals surface area contributed by atoms with E-state index in [9.17, 15) is 14.4 Å². The average molecular weight is 422 g/mol. The number of piperazine rings is 1. The fourth-order valence-corrected chi connectivity index (χ4v) is 3.81. The lowest BCUT2D eigenvalue weighted by molar-refractivity contribution is -0.132. The second-order valence-corrected chi connectivity index (χ2v) is 7.96. The highest BCUT2D eigenvalue weighted by Gasteiger charge is 2.26. The lowest BCUT2D eigenvalue weighted by atomic mass is 10.0. The molecule has 7 heteroatoms. The molecule has 2 aromatic rings. The second-order valence-electron chi connectivity index (χ2n) is 7.96. The Bertz CT molecular complexity index is 1020. The van der Waals surface area contributed by atoms with Gasteiger partial charge in [-0.25, -0.2) is 0 Å². The number of aryl methyl sites for hydroxylation is 2. The topological polar surface area (TPSA) is 76.2 Å². The fraction of sp³-hybridized carbons (Fsp3) is 0.375. The highest BCUT2D eigenvalue weighted by molar-refractivity contribution is 5.98. The zero-order valence-corrected chi connectivity index (χ0v) is 17.8. The fourth-order valence-electron chi connectivity index (χ4n) is 3.81. The van der Waals surface area contributed by atoms with Gasteiger partial charge in [0.1, 0.15) is 0 Å². The van der Waals surface area contributed by atoms with Gasteiger partial charge in [0, 0.05) is 50.1 Å². The zero-order chi connectivity index (χ0) is 22.0. The Morgan fingerprint density at radius 2 is 1.45 bits per heavy atom. The van der Waals surface area contributed by atoms with E-state index in [0.717, 1.165) is 11.1 Å². The van der Waals surface area contributed by atoms with Crippen molar-refractivity contribution in [2.45, 2.75) is 26.7 Å². The van der Waals surface area contributed by atoms with E-state index in [-0.39, 0.29) is 37.2 Å². The summed E-state index contributed by atoms with van der Waals surface area (Å²) in [7, 11) is 0. The third-order valence-electron chi connectivity index (χ3n) is 5.93. The summed E-state index contributed by atoms with van der Waals surface area (Å²) in [5.41, 5.74) is 3.40. The van der Waals surface area contributed by atoms with Crippen LogP contribution in [0.4, 0.5) is 0 Å². The summed E-state index contributed by atoms with van der Waals surface area (Å²) in [4.78, 5) is 41.3. The number of benzene rings is 2. The standard InChI is InChI=1S/C24H26N2O5/c1-16-3-4-18(13-17(16)2)20(27)6-8-23(28)25-9-11-26(12-10-25)24(29)19-5-7-21-22(14-19)31-15-30-21/h3-5,7,13-14H,6,8-12,15H2,1-2H3. The van der Waals surface area contributed by atoms with Crippen molar-refractivity contribution in [1.82, 2.24) is 9.80 Å². The minimum atomic E-state index is -0.0877. The third kappa shape index (κ3) is 4.55. The molecule has 4 rings (SSSR count). The van der Waals surface area contributed by atoms with Crippen LogP contribution in [0.15, 0.2) is 36.4 Å². The monoisotopic (exact) mass is 422 g/mol. The zero-order valence-electron chi connectivity index (χ0n) is 17.8. The molecule has 162 valence electrons. The molecule has 0 radical (unpaired) electrons. The minimum Gasteiger partial charge on any atom is -0.454 e. The molecule has 0 unspecified atom stereocenters. The lowest BCUT2D eigenvalue weighted by Crippen LogP contribution is -2.50. The predicted molar refractivity (Wildman–Crippen MR) is 115 cm³/mol. The first-order valence-electron chi connectivity index (χ1n) is 10.5. The molecule has 0 bridgehead atoms. The summed E-state index contributed by atoms with van der Waals surface area (Å²) in [5.74, 6) is 1.06. The van der Waals surface area contributed by atoms with Gasteiger partial charge in [-0.3, -0.25) is 14.4 Å². The Balaban J connectivity index is 1.27. The summed E-state index contributed by atoms with van der Waals surface area (Å²) < 4.78 is 10.6. The SMILES string of the molecule is Cc1ccc(C(=O)CCC(=O)N2CCN(C(=O)c3ccc4c(c3)OCO4)CC2)cc1C. The van der Waals surface area contributed by atoms with E-state index in [1.807, 2.05) is 32.0 Å². The van der Waals surface area contributed by atoms with E-state index in [1.165, 1.54) is 0 Å². The molecular formula is C24H26N2O5. The molecule has 2 aromatic carbocycles. The molecule has 0 atom stereocenters. The molecule has 2 aliphatic heterocycles. The van der Waals surface area contributed by atoms with Crippen LogP contribution in [0.2, 0.25) is 0 Å². The molecule has 1 fully saturated rings. The van der Waals surface area contributed by atoms with Crippen LogP contribution in [0.3, 0.4) is 0 Å². The van der Waals surface area contributed by atoms with Crippen molar-refractivity contribution < 1.29 is 23.9 Å². The summed E-state index contributed by atoms with van der Waals surface area (Å²) in [5, 5.41) is 0. The van der Waals surface area contributed by atoms with Crippen molar-refractivity contribution in [1.29, 1.82) is 0 Å². The highest BCUT2D eigenvalue weighted by Crippen LogP contribution is 2.32. The number of ketones is 1. The highest BCUT2D eigenvalue weighted by atomic mass is 16.7. The molecule has 7 nitrogen and oxygen atoms in total. The van der Waals surface area contributed by atoms with Crippen molar-refractivity contribution in [2.24, 2.45) is 0 Å². The van der Waals surface area contributed by atoms with E-state index in [1.54, 1.807) is 28.0 Å². The maximum Gasteiger partial charge on any atom is 0.254 e. The lowest BCUT2D eigenvalue weighted by Gasteiger charge is -2.35. The van der Waals surface area contributed by atoms with Crippen LogP contribution in [0.5, 0.6) is 11.5 Å². The van der Waals surface area contributed by atoms with Gasteiger partial charge in [0.05, 0.1) is 0 Å². The molecule has 0 aromatic heterocycles. The second kappa shape index (κ2) is 8.79. The van der Waals surface area contributed by atoms with Crippen LogP contribution in [-0.2, 0) is 4.79 Å². The number of fused-ring (bicyclic) bond motifs is 1. The minimum absolute atomic E-state index is 0.0203. The largest absolute Gasteiger partial charge is 0.454 e. The summed E-state index contributed by atoms with van der Waals surface area (Å²) in [6, 6.07) is 10.8. The molecule has 2 heterocycles. The van der Waals surface area contributed by atoms with Gasteiger partial charge in [-0.15, -0.1) is 0 Å². The van der Waals surface area contributed by atoms with Gasteiger partial charge in [0.2, 0.25) is 12.7 Å². The van der Waals surface area contributed by atoms with E-state index >= 15 is 0 Å². The van der Waals surface area contributed by atoms with Crippen molar-refractivity contribution in [3.8, 4) is 11.5 Å². The maximum atomic E-state index is 12.8. The number of carbonyl (C=O) groups excluding carboxylic acids is 3. The first-order chi connectivity index (χ1) is 14.9. The van der Waals surface area contributed by atoms with Gasteiger partial charge >= 0.3 is 0 Å². The summed E-state index contributed by atoms with van der Waals surface area (Å²) >= 11 is 0. The number of hydrogen-bond donors (Lipinski definition) is 0. The third-order valence-corrected chi connectivity index (χ3v) is 5.93. The van der Waals surface area contributed by atoms with Crippen molar-refractivity contribution in [3.05, 3.63) is 58.7 Å². The molecule has 0 aliphatic carbocycles. The van der Waals surface area contributed by atoms with Gasteiger partial charge in [0.25, 0.3) is 5.91 Å². The van der Waals surface area contributed by atoms with Gasteiger partial charge in [0.15, 0.2) is 17.3 Å². The quantitative estimate of drug-likeness (QED) is 0.693. The number of carbonyl (C=O) groups is 3. The van der Waals surface area contributed by atoms with Crippen LogP contribution in [0.1, 0.15) is 44.7 Å². The van der Waals surface area contributed by atoms with Crippen LogP contribution < -0.4 is 9.47 Å². The predicted octanol–water partition coefficient (Wildman–Crippen LogP) is 2.98. The van der Waals surface area contributed by atoms with E-state index in [4.69, 9.17) is 9.47 Å². The van der Waals surface area contributed by atoms with E-state index in [0.29, 0.717) is 48.8 Å². The number of nitrogens with zero attached hydrogens (tertiary/aromatic N) is 2. The molecule has 2 amide bonds. The number of hydrogen-bond acceptors (Lipinski definition) is 5. The number of rotatable bonds is 5. The first-order valence-corrected chi connectivity index (χ1v) is 10.5. The molecule has 0 saturated carbocycles. The van der Waals surface area contributed by atoms with Crippen LogP contribution >= 0.6 is 0 Å². The van der Waals surface area contributed by atoms with Gasteiger partial charge in [-0.2, -0.15) is 0 Å². The Labute approximate surface area is 181 Å². The molecule has 0 N–H and O–H groups in total. The first kappa shape index (κ1) is 20.9. The Morgan fingerprint density at radius 3 is 2.19 bits per heavy atom. The van der Waals surface area contributed by atoms with Gasteiger partial charge in [-0.05, 0) is 49.2 Å². The van der Waals surface area contributed by atoms with E-state index < -0.39 is 0 Å². The Morgan fingerprint density at radius 1 is 0.774 bits per heavy atom. The van der Waals surface area contributed by atoms with Gasteiger partial charge < -0.3 is 19.3 Å². The Hall–Kier alpha value is -3.35. The summed E-state index contributed by atoms with van der Waals surface area (Å²) in [6.07, 6.45) is 0.375. The number of ether oxygens (including phenoxy) is 2. The van der Waals surface area contributed by atoms with Crippen LogP contribution in [-0.4, -0.2) is 60.4 Å². The van der Waals surface area contributed by atoms with Crippen LogP contribution in [0, 0.1) is 13.8 Å². The van der Waals surface area contributed by atoms with Gasteiger partial charge in [-0.1, -0.05) is 12.1 Å². The summed E-state index contributed by atoms with van der Waals surface area (Å²) in [6.45, 7) is 6.00. The maximum absolute atomic E-state index is 12.8. The number of amides is 2. The molecule has 31 heavy (non-hydrogen) atoms. The molecule has 0 spiro atoms. The average Bonchev–Trinajstić information content (AvgIpc) is 3.26. The smallest absolute Gasteiger partial charge is 0.254 e. The van der Waals surface area contributed by atoms with Crippen molar-refractivity contribution >= 4 is 17.6 Å². The van der Waals surface area contributed by atoms with Crippen LogP contribution in [0.25, 0.3) is 0 Å².